The summed E-state index contributed by atoms with van der Waals surface area (Å²) >= 11 is 1.43. The number of nitrogens with one attached hydrogen (secondary N) is 1. The van der Waals surface area contributed by atoms with E-state index in [2.05, 4.69) is 9.69 Å². The molecule has 1 aliphatic rings. The molecule has 0 atom stereocenters. The van der Waals surface area contributed by atoms with Gasteiger partial charge in [-0.15, -0.1) is 0 Å². The largest absolute Gasteiger partial charge is 0.396 e. The molecule has 0 unspecified atom stereocenters. The summed E-state index contributed by atoms with van der Waals surface area (Å²) in [5, 5.41) is 13.0. The normalized spacial score (nSPS) is 15.8. The second kappa shape index (κ2) is 4.14. The lowest BCUT2D eigenvalue weighted by molar-refractivity contribution is 0.292. The SMILES string of the molecule is Nc1nsc(NCCCO)c1C1CC1. The lowest BCUT2D eigenvalue weighted by Gasteiger charge is -2.04. The van der Waals surface area contributed by atoms with E-state index in [-0.39, 0.29) is 6.61 Å². The van der Waals surface area contributed by atoms with Crippen LogP contribution in [0.1, 0.15) is 30.7 Å². The molecule has 14 heavy (non-hydrogen) atoms. The molecule has 1 aromatic rings. The molecule has 0 saturated heterocycles. The topological polar surface area (TPSA) is 71.2 Å². The van der Waals surface area contributed by atoms with Gasteiger partial charge in [-0.25, -0.2) is 0 Å². The molecule has 78 valence electrons. The van der Waals surface area contributed by atoms with E-state index in [1.807, 2.05) is 0 Å². The van der Waals surface area contributed by atoms with Crippen LogP contribution < -0.4 is 11.1 Å². The molecule has 5 heteroatoms. The zero-order chi connectivity index (χ0) is 9.97. The van der Waals surface area contributed by atoms with E-state index in [0.29, 0.717) is 11.7 Å². The third kappa shape index (κ3) is 1.99. The zero-order valence-electron chi connectivity index (χ0n) is 7.99. The summed E-state index contributed by atoms with van der Waals surface area (Å²) in [6.45, 7) is 1.01. The minimum absolute atomic E-state index is 0.222. The molecule has 0 aromatic carbocycles. The van der Waals surface area contributed by atoms with E-state index in [1.165, 1.54) is 29.9 Å². The van der Waals surface area contributed by atoms with Gasteiger partial charge in [0, 0.05) is 18.7 Å². The highest BCUT2D eigenvalue weighted by Gasteiger charge is 2.30. The molecule has 0 aliphatic heterocycles. The summed E-state index contributed by atoms with van der Waals surface area (Å²) in [7, 11) is 0. The summed E-state index contributed by atoms with van der Waals surface area (Å²) < 4.78 is 4.15. The van der Waals surface area contributed by atoms with Crippen LogP contribution in [0.15, 0.2) is 0 Å². The molecule has 1 heterocycles. The maximum Gasteiger partial charge on any atom is 0.142 e. The molecular weight excluding hydrogens is 198 g/mol. The Morgan fingerprint density at radius 3 is 3.00 bits per heavy atom. The number of hydrogen-bond donors (Lipinski definition) is 3. The second-order valence-electron chi connectivity index (χ2n) is 3.59. The highest BCUT2D eigenvalue weighted by Crippen LogP contribution is 2.47. The quantitative estimate of drug-likeness (QED) is 0.646. The van der Waals surface area contributed by atoms with Gasteiger partial charge < -0.3 is 16.2 Å². The third-order valence-electron chi connectivity index (χ3n) is 2.36. The van der Waals surface area contributed by atoms with Crippen LogP contribution in [0.25, 0.3) is 0 Å². The van der Waals surface area contributed by atoms with Gasteiger partial charge in [0.1, 0.15) is 10.8 Å². The van der Waals surface area contributed by atoms with Gasteiger partial charge in [-0.1, -0.05) is 0 Å². The first-order chi connectivity index (χ1) is 6.83. The molecule has 2 rings (SSSR count). The van der Waals surface area contributed by atoms with Crippen molar-refractivity contribution in [1.82, 2.24) is 4.37 Å². The highest BCUT2D eigenvalue weighted by atomic mass is 32.1. The number of nitrogen functional groups attached to an aromatic ring is 1. The number of anilines is 2. The van der Waals surface area contributed by atoms with Gasteiger partial charge in [-0.3, -0.25) is 0 Å². The van der Waals surface area contributed by atoms with Crippen molar-refractivity contribution in [2.75, 3.05) is 24.2 Å². The van der Waals surface area contributed by atoms with E-state index in [0.717, 1.165) is 18.0 Å². The Labute approximate surface area is 87.3 Å². The van der Waals surface area contributed by atoms with E-state index >= 15 is 0 Å². The highest BCUT2D eigenvalue weighted by molar-refractivity contribution is 7.10. The predicted octanol–water partition coefficient (Wildman–Crippen LogP) is 1.40. The molecule has 1 aromatic heterocycles. The zero-order valence-corrected chi connectivity index (χ0v) is 8.81. The lowest BCUT2D eigenvalue weighted by atomic mass is 10.2. The van der Waals surface area contributed by atoms with Crippen LogP contribution in [0.4, 0.5) is 10.8 Å². The number of aliphatic hydroxyl groups excluding tert-OH is 1. The first-order valence-corrected chi connectivity index (χ1v) is 5.70. The molecule has 4 N–H and O–H groups in total. The Hall–Kier alpha value is -0.810. The van der Waals surface area contributed by atoms with Crippen molar-refractivity contribution in [2.45, 2.75) is 25.2 Å². The van der Waals surface area contributed by atoms with Crippen molar-refractivity contribution in [3.05, 3.63) is 5.56 Å². The monoisotopic (exact) mass is 213 g/mol. The molecule has 0 radical (unpaired) electrons. The Bertz CT molecular complexity index is 309. The molecule has 1 saturated carbocycles. The Morgan fingerprint density at radius 2 is 2.36 bits per heavy atom. The Kier molecular flexibility index (Phi) is 2.88. The van der Waals surface area contributed by atoms with Crippen molar-refractivity contribution < 1.29 is 5.11 Å². The maximum atomic E-state index is 8.66. The number of rotatable bonds is 5. The van der Waals surface area contributed by atoms with Gasteiger partial charge in [0.05, 0.1) is 0 Å². The van der Waals surface area contributed by atoms with Crippen LogP contribution in [0.5, 0.6) is 0 Å². The van der Waals surface area contributed by atoms with Crippen molar-refractivity contribution in [3.63, 3.8) is 0 Å². The Morgan fingerprint density at radius 1 is 1.57 bits per heavy atom. The summed E-state index contributed by atoms with van der Waals surface area (Å²) in [5.74, 6) is 1.31. The van der Waals surface area contributed by atoms with Crippen LogP contribution in [-0.2, 0) is 0 Å². The molecule has 1 fully saturated rings. The van der Waals surface area contributed by atoms with E-state index in [9.17, 15) is 0 Å². The fourth-order valence-corrected chi connectivity index (χ4v) is 2.31. The van der Waals surface area contributed by atoms with Crippen LogP contribution in [0, 0.1) is 0 Å². The van der Waals surface area contributed by atoms with Crippen molar-refractivity contribution in [2.24, 2.45) is 0 Å². The first-order valence-electron chi connectivity index (χ1n) is 4.92. The second-order valence-corrected chi connectivity index (χ2v) is 4.36. The maximum absolute atomic E-state index is 8.66. The molecule has 1 aliphatic carbocycles. The number of aromatic nitrogens is 1. The number of aliphatic hydroxyl groups is 1. The van der Waals surface area contributed by atoms with Gasteiger partial charge in [-0.05, 0) is 36.7 Å². The number of nitrogens with two attached hydrogens (primary N) is 1. The van der Waals surface area contributed by atoms with E-state index < -0.39 is 0 Å². The predicted molar refractivity (Wildman–Crippen MR) is 58.7 cm³/mol. The third-order valence-corrected chi connectivity index (χ3v) is 3.20. The van der Waals surface area contributed by atoms with Crippen LogP contribution in [0.2, 0.25) is 0 Å². The Balaban J connectivity index is 2.01. The lowest BCUT2D eigenvalue weighted by Crippen LogP contribution is -2.04. The van der Waals surface area contributed by atoms with E-state index in [1.54, 1.807) is 0 Å². The van der Waals surface area contributed by atoms with E-state index in [4.69, 9.17) is 10.8 Å². The van der Waals surface area contributed by atoms with Gasteiger partial charge in [0.15, 0.2) is 0 Å². The number of nitrogens with zero attached hydrogens (tertiary/aromatic N) is 1. The molecule has 0 bridgehead atoms. The van der Waals surface area contributed by atoms with Crippen molar-refractivity contribution >= 4 is 22.4 Å². The summed E-state index contributed by atoms with van der Waals surface area (Å²) in [4.78, 5) is 0. The molecule has 4 nitrogen and oxygen atoms in total. The summed E-state index contributed by atoms with van der Waals surface area (Å²) in [5.41, 5.74) is 7.00. The van der Waals surface area contributed by atoms with Gasteiger partial charge in [0.25, 0.3) is 0 Å². The summed E-state index contributed by atoms with van der Waals surface area (Å²) in [6, 6.07) is 0. The fourth-order valence-electron chi connectivity index (χ4n) is 1.48. The van der Waals surface area contributed by atoms with Crippen LogP contribution in [-0.4, -0.2) is 22.6 Å². The minimum atomic E-state index is 0.222. The average molecular weight is 213 g/mol. The van der Waals surface area contributed by atoms with Gasteiger partial charge in [-0.2, -0.15) is 4.37 Å². The average Bonchev–Trinajstić information content (AvgIpc) is 2.93. The minimum Gasteiger partial charge on any atom is -0.396 e. The fraction of sp³-hybridized carbons (Fsp3) is 0.667. The van der Waals surface area contributed by atoms with Crippen molar-refractivity contribution in [3.8, 4) is 0 Å². The molecule has 0 amide bonds. The van der Waals surface area contributed by atoms with Gasteiger partial charge in [0.2, 0.25) is 0 Å². The van der Waals surface area contributed by atoms with Crippen LogP contribution in [0.3, 0.4) is 0 Å². The standard InChI is InChI=1S/C9H15N3OS/c10-8-7(6-2-3-6)9(14-12-8)11-4-1-5-13/h6,11,13H,1-5H2,(H2,10,12). The van der Waals surface area contributed by atoms with Gasteiger partial charge >= 0.3 is 0 Å². The van der Waals surface area contributed by atoms with Crippen molar-refractivity contribution in [1.29, 1.82) is 0 Å². The summed E-state index contributed by atoms with van der Waals surface area (Å²) in [6.07, 6.45) is 3.23. The first kappa shape index (κ1) is 9.73. The smallest absolute Gasteiger partial charge is 0.142 e. The van der Waals surface area contributed by atoms with Crippen LogP contribution >= 0.6 is 11.5 Å². The number of hydrogen-bond acceptors (Lipinski definition) is 5. The molecular formula is C9H15N3OS. The molecule has 0 spiro atoms.